The van der Waals surface area contributed by atoms with Crippen LogP contribution < -0.4 is 15.5 Å². The van der Waals surface area contributed by atoms with Crippen LogP contribution in [-0.2, 0) is 22.7 Å². The highest BCUT2D eigenvalue weighted by Crippen LogP contribution is 2.10. The van der Waals surface area contributed by atoms with Crippen molar-refractivity contribution in [3.05, 3.63) is 65.2 Å². The molecule has 2 aromatic carbocycles. The van der Waals surface area contributed by atoms with Crippen molar-refractivity contribution in [3.8, 4) is 0 Å². The Labute approximate surface area is 177 Å². The van der Waals surface area contributed by atoms with Crippen LogP contribution in [0.4, 0.5) is 5.69 Å². The number of thioether (sulfide) groups is 1. The fraction of sp³-hybridized carbons (Fsp3) is 0.391. The number of rotatable bonds is 9. The number of nitrogens with one attached hydrogen (secondary N) is 3. The molecule has 6 heteroatoms. The first-order valence-electron chi connectivity index (χ1n) is 10.2. The second-order valence-electron chi connectivity index (χ2n) is 7.64. The molecule has 1 aliphatic rings. The van der Waals surface area contributed by atoms with Gasteiger partial charge in [0.1, 0.15) is 6.54 Å². The summed E-state index contributed by atoms with van der Waals surface area (Å²) in [5.41, 5.74) is 4.34. The van der Waals surface area contributed by atoms with E-state index in [1.165, 1.54) is 43.3 Å². The molecule has 0 spiro atoms. The van der Waals surface area contributed by atoms with Gasteiger partial charge in [-0.25, -0.2) is 0 Å². The lowest BCUT2D eigenvalue weighted by atomic mass is 10.1. The Bertz CT molecular complexity index is 817. The molecule has 29 heavy (non-hydrogen) atoms. The molecule has 3 N–H and O–H groups in total. The molecule has 1 heterocycles. The van der Waals surface area contributed by atoms with Gasteiger partial charge in [-0.15, -0.1) is 11.8 Å². The first-order chi connectivity index (χ1) is 14.1. The fourth-order valence-corrected chi connectivity index (χ4v) is 4.17. The predicted octanol–water partition coefficient (Wildman–Crippen LogP) is 2.16. The Balaban J connectivity index is 1.31. The topological polar surface area (TPSA) is 62.6 Å². The minimum absolute atomic E-state index is 0.0519. The largest absolute Gasteiger partial charge is 0.351 e. The van der Waals surface area contributed by atoms with E-state index in [2.05, 4.69) is 34.9 Å². The molecule has 1 aliphatic heterocycles. The van der Waals surface area contributed by atoms with Gasteiger partial charge in [-0.05, 0) is 30.2 Å². The number of hydrogen-bond acceptors (Lipinski definition) is 3. The molecule has 0 atom stereocenters. The van der Waals surface area contributed by atoms with E-state index >= 15 is 0 Å². The van der Waals surface area contributed by atoms with E-state index in [4.69, 9.17) is 0 Å². The number of anilines is 1. The molecule has 5 nitrogen and oxygen atoms in total. The summed E-state index contributed by atoms with van der Waals surface area (Å²) in [5, 5.41) is 5.78. The average molecular weight is 413 g/mol. The lowest BCUT2D eigenvalue weighted by molar-refractivity contribution is -0.901. The van der Waals surface area contributed by atoms with Crippen LogP contribution in [0.25, 0.3) is 0 Å². The van der Waals surface area contributed by atoms with Gasteiger partial charge in [0.2, 0.25) is 11.8 Å². The van der Waals surface area contributed by atoms with E-state index in [1.807, 2.05) is 31.2 Å². The third kappa shape index (κ3) is 7.55. The van der Waals surface area contributed by atoms with Gasteiger partial charge in [0.25, 0.3) is 0 Å². The first kappa shape index (κ1) is 21.4. The minimum atomic E-state index is -0.0934. The number of hydrogen-bond donors (Lipinski definition) is 3. The van der Waals surface area contributed by atoms with Crippen molar-refractivity contribution in [2.75, 3.05) is 29.9 Å². The Morgan fingerprint density at radius 1 is 0.966 bits per heavy atom. The van der Waals surface area contributed by atoms with Gasteiger partial charge >= 0.3 is 0 Å². The smallest absolute Gasteiger partial charge is 0.234 e. The third-order valence-electron chi connectivity index (χ3n) is 5.05. The van der Waals surface area contributed by atoms with Crippen molar-refractivity contribution in [2.45, 2.75) is 32.9 Å². The molecular formula is C23H30N3O2S+. The maximum atomic E-state index is 12.0. The number of amides is 2. The molecule has 0 unspecified atom stereocenters. The highest BCUT2D eigenvalue weighted by Gasteiger charge is 2.15. The molecule has 154 valence electrons. The van der Waals surface area contributed by atoms with Crippen molar-refractivity contribution < 1.29 is 14.5 Å². The van der Waals surface area contributed by atoms with Crippen LogP contribution >= 0.6 is 11.8 Å². The minimum Gasteiger partial charge on any atom is -0.351 e. The molecule has 3 rings (SSSR count). The summed E-state index contributed by atoms with van der Waals surface area (Å²) in [7, 11) is 0. The molecule has 0 saturated carbocycles. The van der Waals surface area contributed by atoms with Gasteiger partial charge < -0.3 is 15.5 Å². The zero-order valence-corrected chi connectivity index (χ0v) is 17.8. The maximum Gasteiger partial charge on any atom is 0.234 e. The molecule has 0 bridgehead atoms. The van der Waals surface area contributed by atoms with Crippen LogP contribution in [0.5, 0.6) is 0 Å². The highest BCUT2D eigenvalue weighted by molar-refractivity contribution is 8.00. The summed E-state index contributed by atoms with van der Waals surface area (Å²) >= 11 is 1.32. The molecule has 2 amide bonds. The normalized spacial score (nSPS) is 14.0. The van der Waals surface area contributed by atoms with E-state index in [-0.39, 0.29) is 23.3 Å². The van der Waals surface area contributed by atoms with E-state index in [9.17, 15) is 9.59 Å². The van der Waals surface area contributed by atoms with Crippen LogP contribution in [0.2, 0.25) is 0 Å². The second kappa shape index (κ2) is 11.0. The molecule has 1 saturated heterocycles. The van der Waals surface area contributed by atoms with Crippen molar-refractivity contribution in [2.24, 2.45) is 0 Å². The van der Waals surface area contributed by atoms with Crippen molar-refractivity contribution >= 4 is 29.3 Å². The standard InChI is InChI=1S/C23H29N3O2S/c1-18-5-4-6-21(13-18)25-23(28)17-29-16-22(27)24-14-19-7-9-20(10-8-19)15-26-11-2-3-12-26/h4-10,13H,2-3,11-12,14-17H2,1H3,(H,24,27)(H,25,28)/p+1. The fourth-order valence-electron chi connectivity index (χ4n) is 3.52. The van der Waals surface area contributed by atoms with E-state index in [1.54, 1.807) is 4.90 Å². The summed E-state index contributed by atoms with van der Waals surface area (Å²) in [6, 6.07) is 16.2. The number of benzene rings is 2. The molecule has 0 aliphatic carbocycles. The quantitative estimate of drug-likeness (QED) is 0.592. The van der Waals surface area contributed by atoms with E-state index in [0.717, 1.165) is 23.4 Å². The van der Waals surface area contributed by atoms with Crippen LogP contribution in [0.15, 0.2) is 48.5 Å². The number of quaternary nitrogens is 1. The Morgan fingerprint density at radius 2 is 1.66 bits per heavy atom. The SMILES string of the molecule is Cc1cccc(NC(=O)CSCC(=O)NCc2ccc(C[NH+]3CCCC3)cc2)c1. The van der Waals surface area contributed by atoms with Gasteiger partial charge in [-0.2, -0.15) is 0 Å². The summed E-state index contributed by atoms with van der Waals surface area (Å²) < 4.78 is 0. The van der Waals surface area contributed by atoms with Gasteiger partial charge in [0.15, 0.2) is 0 Å². The van der Waals surface area contributed by atoms with Gasteiger partial charge in [-0.1, -0.05) is 36.4 Å². The number of carbonyl (C=O) groups is 2. The zero-order chi connectivity index (χ0) is 20.5. The van der Waals surface area contributed by atoms with Crippen molar-refractivity contribution in [1.29, 1.82) is 0 Å². The summed E-state index contributed by atoms with van der Waals surface area (Å²) in [4.78, 5) is 25.7. The van der Waals surface area contributed by atoms with E-state index in [0.29, 0.717) is 6.54 Å². The summed E-state index contributed by atoms with van der Waals surface area (Å²) in [6.07, 6.45) is 2.68. The zero-order valence-electron chi connectivity index (χ0n) is 17.0. The summed E-state index contributed by atoms with van der Waals surface area (Å²) in [5.74, 6) is 0.389. The lowest BCUT2D eigenvalue weighted by Gasteiger charge is -2.12. The summed E-state index contributed by atoms with van der Waals surface area (Å²) in [6.45, 7) is 6.15. The molecule has 0 radical (unpaired) electrons. The second-order valence-corrected chi connectivity index (χ2v) is 8.62. The lowest BCUT2D eigenvalue weighted by Crippen LogP contribution is -3.08. The number of aryl methyl sites for hydroxylation is 1. The first-order valence-corrected chi connectivity index (χ1v) is 11.4. The van der Waals surface area contributed by atoms with Crippen LogP contribution in [0.1, 0.15) is 29.5 Å². The Morgan fingerprint density at radius 3 is 2.38 bits per heavy atom. The number of likely N-dealkylation sites (tertiary alicyclic amines) is 1. The van der Waals surface area contributed by atoms with Crippen LogP contribution in [0.3, 0.4) is 0 Å². The van der Waals surface area contributed by atoms with Crippen LogP contribution in [-0.4, -0.2) is 36.4 Å². The highest BCUT2D eigenvalue weighted by atomic mass is 32.2. The predicted molar refractivity (Wildman–Crippen MR) is 119 cm³/mol. The van der Waals surface area contributed by atoms with E-state index < -0.39 is 0 Å². The van der Waals surface area contributed by atoms with Gasteiger partial charge in [-0.3, -0.25) is 9.59 Å². The number of carbonyl (C=O) groups excluding carboxylic acids is 2. The Hall–Kier alpha value is -2.31. The van der Waals surface area contributed by atoms with Gasteiger partial charge in [0, 0.05) is 30.6 Å². The average Bonchev–Trinajstić information content (AvgIpc) is 3.20. The molecule has 2 aromatic rings. The maximum absolute atomic E-state index is 12.0. The molecule has 0 aromatic heterocycles. The third-order valence-corrected chi connectivity index (χ3v) is 5.98. The van der Waals surface area contributed by atoms with Crippen LogP contribution in [0, 0.1) is 6.92 Å². The Kier molecular flexibility index (Phi) is 8.14. The van der Waals surface area contributed by atoms with Crippen molar-refractivity contribution in [3.63, 3.8) is 0 Å². The monoisotopic (exact) mass is 412 g/mol. The van der Waals surface area contributed by atoms with Gasteiger partial charge in [0.05, 0.1) is 24.6 Å². The molecular weight excluding hydrogens is 382 g/mol. The molecule has 1 fully saturated rings. The van der Waals surface area contributed by atoms with Crippen molar-refractivity contribution in [1.82, 2.24) is 5.32 Å².